The summed E-state index contributed by atoms with van der Waals surface area (Å²) >= 11 is 5.91. The minimum atomic E-state index is 0.375. The van der Waals surface area contributed by atoms with Crippen molar-refractivity contribution in [3.05, 3.63) is 76.9 Å². The Morgan fingerprint density at radius 1 is 1.20 bits per heavy atom. The fraction of sp³-hybridized carbons (Fsp3) is 0.158. The van der Waals surface area contributed by atoms with E-state index in [1.165, 1.54) is 27.5 Å². The number of fused-ring (bicyclic) bond motifs is 1. The van der Waals surface area contributed by atoms with Crippen molar-refractivity contribution in [2.24, 2.45) is 5.92 Å². The van der Waals surface area contributed by atoms with E-state index in [9.17, 15) is 0 Å². The molecule has 0 heterocycles. The zero-order chi connectivity index (χ0) is 14.1. The topological polar surface area (TPSA) is 0 Å². The van der Waals surface area contributed by atoms with Crippen LogP contribution < -0.4 is 0 Å². The minimum Gasteiger partial charge on any atom is -0.0926 e. The lowest BCUT2D eigenvalue weighted by atomic mass is 9.88. The predicted molar refractivity (Wildman–Crippen MR) is 86.6 cm³/mol. The van der Waals surface area contributed by atoms with Crippen LogP contribution in [0, 0.1) is 25.0 Å². The zero-order valence-corrected chi connectivity index (χ0v) is 12.3. The van der Waals surface area contributed by atoms with Gasteiger partial charge in [-0.15, -0.1) is 0 Å². The van der Waals surface area contributed by atoms with Crippen LogP contribution in [0.1, 0.15) is 18.1 Å². The predicted octanol–water partition coefficient (Wildman–Crippen LogP) is 5.46. The Labute approximate surface area is 125 Å². The van der Waals surface area contributed by atoms with E-state index in [0.717, 1.165) is 5.57 Å². The zero-order valence-electron chi connectivity index (χ0n) is 11.6. The number of hydrogen-bond acceptors (Lipinski definition) is 0. The Bertz CT molecular complexity index is 747. The molecule has 0 fully saturated rings. The molecule has 2 aromatic carbocycles. The van der Waals surface area contributed by atoms with Crippen LogP contribution >= 0.6 is 11.6 Å². The second-order valence-corrected chi connectivity index (χ2v) is 5.39. The van der Waals surface area contributed by atoms with E-state index >= 15 is 0 Å². The molecule has 0 radical (unpaired) electrons. The Morgan fingerprint density at radius 2 is 2.00 bits per heavy atom. The lowest BCUT2D eigenvalue weighted by Gasteiger charge is -2.17. The molecule has 98 valence electrons. The molecule has 1 aliphatic carbocycles. The van der Waals surface area contributed by atoms with E-state index in [2.05, 4.69) is 56.3 Å². The lowest BCUT2D eigenvalue weighted by Crippen LogP contribution is -1.99. The fourth-order valence-corrected chi connectivity index (χ4v) is 2.89. The van der Waals surface area contributed by atoms with Gasteiger partial charge in [0.15, 0.2) is 0 Å². The second-order valence-electron chi connectivity index (χ2n) is 5.17. The molecule has 1 atom stereocenters. The molecule has 2 aromatic rings. The molecule has 20 heavy (non-hydrogen) atoms. The molecule has 0 unspecified atom stereocenters. The number of halogens is 1. The minimum absolute atomic E-state index is 0.375. The lowest BCUT2D eigenvalue weighted by molar-refractivity contribution is 0.888. The summed E-state index contributed by atoms with van der Waals surface area (Å²) in [6, 6.07) is 14.3. The van der Waals surface area contributed by atoms with E-state index < -0.39 is 0 Å². The summed E-state index contributed by atoms with van der Waals surface area (Å²) in [5, 5.41) is 2.43. The van der Waals surface area contributed by atoms with Gasteiger partial charge in [-0.25, -0.2) is 0 Å². The van der Waals surface area contributed by atoms with E-state index in [-0.39, 0.29) is 0 Å². The Balaban J connectivity index is 2.16. The molecule has 3 rings (SSSR count). The Kier molecular flexibility index (Phi) is 3.38. The molecule has 1 heteroatoms. The first-order valence-electron chi connectivity index (χ1n) is 6.72. The van der Waals surface area contributed by atoms with Crippen molar-refractivity contribution in [3.63, 3.8) is 0 Å². The molecule has 1 aliphatic rings. The van der Waals surface area contributed by atoms with Crippen molar-refractivity contribution in [2.75, 3.05) is 0 Å². The SMILES string of the molecule is Cc1c(C2=C/C(=C\Cl)[C@@H](C)C=C2)ccc2cc#ccc12. The van der Waals surface area contributed by atoms with Crippen molar-refractivity contribution >= 4 is 27.9 Å². The van der Waals surface area contributed by atoms with Gasteiger partial charge in [-0.3, -0.25) is 0 Å². The molecular formula is C19H15Cl. The molecule has 0 saturated heterocycles. The van der Waals surface area contributed by atoms with Gasteiger partial charge in [0.1, 0.15) is 0 Å². The number of hydrogen-bond donors (Lipinski definition) is 0. The summed E-state index contributed by atoms with van der Waals surface area (Å²) in [5.74, 6) is 0.375. The van der Waals surface area contributed by atoms with Gasteiger partial charge in [0.2, 0.25) is 0 Å². The van der Waals surface area contributed by atoms with E-state index in [1.54, 1.807) is 5.54 Å². The van der Waals surface area contributed by atoms with E-state index in [0.29, 0.717) is 5.92 Å². The smallest absolute Gasteiger partial charge is 0.00806 e. The third-order valence-electron chi connectivity index (χ3n) is 3.93. The highest BCUT2D eigenvalue weighted by atomic mass is 35.5. The number of rotatable bonds is 1. The van der Waals surface area contributed by atoms with Crippen molar-refractivity contribution in [1.82, 2.24) is 0 Å². The molecule has 0 bridgehead atoms. The molecular weight excluding hydrogens is 264 g/mol. The van der Waals surface area contributed by atoms with E-state index in [4.69, 9.17) is 11.6 Å². The maximum absolute atomic E-state index is 5.91. The highest BCUT2D eigenvalue weighted by molar-refractivity contribution is 6.26. The van der Waals surface area contributed by atoms with Crippen molar-refractivity contribution in [1.29, 1.82) is 0 Å². The van der Waals surface area contributed by atoms with Gasteiger partial charge in [-0.2, -0.15) is 0 Å². The highest BCUT2D eigenvalue weighted by Gasteiger charge is 2.13. The normalized spacial score (nSPS) is 20.1. The molecule has 0 aliphatic heterocycles. The summed E-state index contributed by atoms with van der Waals surface area (Å²) in [6.45, 7) is 4.30. The van der Waals surface area contributed by atoms with Gasteiger partial charge >= 0.3 is 0 Å². The molecule has 0 nitrogen and oxygen atoms in total. The summed E-state index contributed by atoms with van der Waals surface area (Å²) in [4.78, 5) is 0. The average Bonchev–Trinajstić information content (AvgIpc) is 2.49. The van der Waals surface area contributed by atoms with Gasteiger partial charge in [0.05, 0.1) is 0 Å². The standard InChI is InChI=1S/C19H15Cl/c1-13-7-8-16(11-17(13)12-20)19-10-9-15-5-3-4-6-18(15)14(19)2/h5-13H,1-2H3/b17-12+/t13-/m0/s1. The average molecular weight is 279 g/mol. The number of benzene rings is 1. The highest BCUT2D eigenvalue weighted by Crippen LogP contribution is 2.32. The van der Waals surface area contributed by atoms with Gasteiger partial charge in [0, 0.05) is 11.5 Å². The van der Waals surface area contributed by atoms with Crippen LogP contribution in [0.3, 0.4) is 0 Å². The molecule has 0 N–H and O–H groups in total. The first-order valence-corrected chi connectivity index (χ1v) is 7.16. The summed E-state index contributed by atoms with van der Waals surface area (Å²) in [6.07, 6.45) is 6.55. The van der Waals surface area contributed by atoms with Crippen LogP contribution in [0.2, 0.25) is 0 Å². The summed E-state index contributed by atoms with van der Waals surface area (Å²) < 4.78 is 0. The maximum Gasteiger partial charge on any atom is 0.00806 e. The third-order valence-corrected chi connectivity index (χ3v) is 4.18. The molecule has 0 amide bonds. The summed E-state index contributed by atoms with van der Waals surface area (Å²) in [7, 11) is 0. The van der Waals surface area contributed by atoms with Crippen molar-refractivity contribution < 1.29 is 0 Å². The number of allylic oxidation sites excluding steroid dienone is 5. The van der Waals surface area contributed by atoms with Crippen LogP contribution in [0.5, 0.6) is 0 Å². The van der Waals surface area contributed by atoms with Crippen LogP contribution in [0.15, 0.2) is 53.6 Å². The van der Waals surface area contributed by atoms with Crippen LogP contribution in [0.25, 0.3) is 16.3 Å². The van der Waals surface area contributed by atoms with Gasteiger partial charge in [0.25, 0.3) is 0 Å². The fourth-order valence-electron chi connectivity index (χ4n) is 2.63. The first-order chi connectivity index (χ1) is 9.70. The van der Waals surface area contributed by atoms with Crippen molar-refractivity contribution in [2.45, 2.75) is 13.8 Å². The second kappa shape index (κ2) is 5.19. The van der Waals surface area contributed by atoms with Crippen molar-refractivity contribution in [3.8, 4) is 0 Å². The Morgan fingerprint density at radius 3 is 2.80 bits per heavy atom. The van der Waals surface area contributed by atoms with Crippen LogP contribution in [-0.2, 0) is 0 Å². The van der Waals surface area contributed by atoms with Gasteiger partial charge < -0.3 is 0 Å². The largest absolute Gasteiger partial charge is 0.0926 e. The molecule has 0 saturated carbocycles. The third kappa shape index (κ3) is 2.15. The number of aryl methyl sites for hydroxylation is 1. The van der Waals surface area contributed by atoms with Gasteiger partial charge in [-0.05, 0) is 58.2 Å². The van der Waals surface area contributed by atoms with E-state index in [1.807, 2.05) is 12.1 Å². The first kappa shape index (κ1) is 13.0. The monoisotopic (exact) mass is 278 g/mol. The van der Waals surface area contributed by atoms with Crippen LogP contribution in [-0.4, -0.2) is 0 Å². The Hall–Kier alpha value is -1.97. The molecule has 0 spiro atoms. The maximum atomic E-state index is 5.91. The quantitative estimate of drug-likeness (QED) is 0.650. The molecule has 0 aromatic heterocycles. The van der Waals surface area contributed by atoms with Crippen LogP contribution in [0.4, 0.5) is 0 Å². The van der Waals surface area contributed by atoms with Gasteiger partial charge in [-0.1, -0.05) is 54.9 Å². The summed E-state index contributed by atoms with van der Waals surface area (Å²) in [5.41, 5.74) is 6.55.